The quantitative estimate of drug-likeness (QED) is 0.538. The fraction of sp³-hybridized carbons (Fsp3) is 0.235. The Bertz CT molecular complexity index is 473. The summed E-state index contributed by atoms with van der Waals surface area (Å²) < 4.78 is 0. The standard InChI is InChI=1S/C17H22N2/c1-4-6-9-15(5-2)16(12-18)13-19-17-10-7-8-14(3)11-17/h4-7,9-14,18-19H,1,8H2,2-3H3/b9-6-,15-5+,16-13+,18-12?. The second kappa shape index (κ2) is 8.09. The molecule has 0 amide bonds. The Kier molecular flexibility index (Phi) is 6.37. The van der Waals surface area contributed by atoms with Gasteiger partial charge in [0.05, 0.1) is 0 Å². The van der Waals surface area contributed by atoms with Crippen molar-refractivity contribution in [2.45, 2.75) is 20.3 Å². The minimum atomic E-state index is 0.561. The highest BCUT2D eigenvalue weighted by atomic mass is 14.8. The molecule has 1 unspecified atom stereocenters. The van der Waals surface area contributed by atoms with Crippen molar-refractivity contribution in [3.8, 4) is 0 Å². The zero-order chi connectivity index (χ0) is 14.1. The first-order valence-electron chi connectivity index (χ1n) is 6.52. The van der Waals surface area contributed by atoms with Crippen LogP contribution in [0.3, 0.4) is 0 Å². The SMILES string of the molecule is C=C\C=C/C(=C\C)C(/C=N)=C/NC1=CC(C)CC=C1. The van der Waals surface area contributed by atoms with Crippen LogP contribution in [0.25, 0.3) is 0 Å². The van der Waals surface area contributed by atoms with E-state index >= 15 is 0 Å². The van der Waals surface area contributed by atoms with Crippen molar-refractivity contribution in [1.82, 2.24) is 5.32 Å². The smallest absolute Gasteiger partial charge is 0.0339 e. The largest absolute Gasteiger partial charge is 0.361 e. The molecule has 0 aromatic heterocycles. The molecular weight excluding hydrogens is 232 g/mol. The van der Waals surface area contributed by atoms with Crippen molar-refractivity contribution in [2.75, 3.05) is 0 Å². The van der Waals surface area contributed by atoms with E-state index in [1.807, 2.05) is 31.4 Å². The van der Waals surface area contributed by atoms with Crippen LogP contribution in [0.15, 0.2) is 72.2 Å². The van der Waals surface area contributed by atoms with Crippen molar-refractivity contribution in [1.29, 1.82) is 5.41 Å². The summed E-state index contributed by atoms with van der Waals surface area (Å²) in [6, 6.07) is 0. The van der Waals surface area contributed by atoms with Gasteiger partial charge in [-0.2, -0.15) is 0 Å². The lowest BCUT2D eigenvalue weighted by molar-refractivity contribution is 0.721. The first-order valence-corrected chi connectivity index (χ1v) is 6.52. The summed E-state index contributed by atoms with van der Waals surface area (Å²) in [6.07, 6.45) is 18.3. The number of allylic oxidation sites excluding steroid dienone is 9. The minimum Gasteiger partial charge on any atom is -0.361 e. The van der Waals surface area contributed by atoms with E-state index in [4.69, 9.17) is 5.41 Å². The normalized spacial score (nSPS) is 20.3. The fourth-order valence-corrected chi connectivity index (χ4v) is 1.84. The highest BCUT2D eigenvalue weighted by molar-refractivity contribution is 5.83. The van der Waals surface area contributed by atoms with Gasteiger partial charge in [-0.25, -0.2) is 0 Å². The molecule has 2 N–H and O–H groups in total. The molecule has 2 nitrogen and oxygen atoms in total. The van der Waals surface area contributed by atoms with Crippen LogP contribution in [0.1, 0.15) is 20.3 Å². The van der Waals surface area contributed by atoms with Crippen molar-refractivity contribution in [3.05, 3.63) is 72.2 Å². The average Bonchev–Trinajstić information content (AvgIpc) is 2.42. The second-order valence-corrected chi connectivity index (χ2v) is 4.46. The van der Waals surface area contributed by atoms with Gasteiger partial charge < -0.3 is 10.7 Å². The number of hydrogen-bond donors (Lipinski definition) is 2. The van der Waals surface area contributed by atoms with Crippen LogP contribution in [-0.4, -0.2) is 6.21 Å². The Labute approximate surface area is 116 Å². The van der Waals surface area contributed by atoms with E-state index in [9.17, 15) is 0 Å². The molecule has 0 spiro atoms. The van der Waals surface area contributed by atoms with Gasteiger partial charge in [0.2, 0.25) is 0 Å². The van der Waals surface area contributed by atoms with E-state index in [0.717, 1.165) is 23.3 Å². The monoisotopic (exact) mass is 254 g/mol. The summed E-state index contributed by atoms with van der Waals surface area (Å²) in [5.74, 6) is 0.561. The Morgan fingerprint density at radius 1 is 1.47 bits per heavy atom. The predicted molar refractivity (Wildman–Crippen MR) is 84.1 cm³/mol. The van der Waals surface area contributed by atoms with Gasteiger partial charge in [0, 0.05) is 23.7 Å². The van der Waals surface area contributed by atoms with Gasteiger partial charge in [-0.15, -0.1) is 0 Å². The summed E-state index contributed by atoms with van der Waals surface area (Å²) in [5.41, 5.74) is 2.92. The van der Waals surface area contributed by atoms with E-state index in [2.05, 4.69) is 37.0 Å². The third kappa shape index (κ3) is 4.96. The molecule has 0 saturated carbocycles. The summed E-state index contributed by atoms with van der Waals surface area (Å²) in [4.78, 5) is 0. The number of hydrogen-bond acceptors (Lipinski definition) is 2. The molecule has 1 rings (SSSR count). The predicted octanol–water partition coefficient (Wildman–Crippen LogP) is 4.28. The maximum absolute atomic E-state index is 7.51. The maximum Gasteiger partial charge on any atom is 0.0339 e. The fourth-order valence-electron chi connectivity index (χ4n) is 1.84. The molecule has 0 aromatic carbocycles. The minimum absolute atomic E-state index is 0.561. The van der Waals surface area contributed by atoms with Crippen LogP contribution in [0.2, 0.25) is 0 Å². The Morgan fingerprint density at radius 2 is 2.26 bits per heavy atom. The molecule has 1 atom stereocenters. The lowest BCUT2D eigenvalue weighted by Gasteiger charge is -2.12. The van der Waals surface area contributed by atoms with Gasteiger partial charge in [0.1, 0.15) is 0 Å². The Morgan fingerprint density at radius 3 is 2.84 bits per heavy atom. The topological polar surface area (TPSA) is 35.9 Å². The van der Waals surface area contributed by atoms with Crippen LogP contribution in [0.5, 0.6) is 0 Å². The van der Waals surface area contributed by atoms with E-state index in [0.29, 0.717) is 5.92 Å². The van der Waals surface area contributed by atoms with Crippen molar-refractivity contribution in [2.24, 2.45) is 5.92 Å². The lowest BCUT2D eigenvalue weighted by atomic mass is 10.0. The van der Waals surface area contributed by atoms with E-state index in [-0.39, 0.29) is 0 Å². The molecule has 0 fully saturated rings. The van der Waals surface area contributed by atoms with Gasteiger partial charge in [0.15, 0.2) is 0 Å². The molecule has 0 aliphatic heterocycles. The van der Waals surface area contributed by atoms with Gasteiger partial charge in [0.25, 0.3) is 0 Å². The van der Waals surface area contributed by atoms with Crippen LogP contribution in [0, 0.1) is 11.3 Å². The lowest BCUT2D eigenvalue weighted by Crippen LogP contribution is -2.09. The summed E-state index contributed by atoms with van der Waals surface area (Å²) >= 11 is 0. The molecule has 0 bridgehead atoms. The van der Waals surface area contributed by atoms with Crippen molar-refractivity contribution in [3.63, 3.8) is 0 Å². The highest BCUT2D eigenvalue weighted by Crippen LogP contribution is 2.15. The molecular formula is C17H22N2. The first-order chi connectivity index (χ1) is 9.21. The van der Waals surface area contributed by atoms with Crippen LogP contribution in [-0.2, 0) is 0 Å². The number of nitrogens with one attached hydrogen (secondary N) is 2. The molecule has 100 valence electrons. The van der Waals surface area contributed by atoms with Gasteiger partial charge >= 0.3 is 0 Å². The van der Waals surface area contributed by atoms with E-state index in [1.54, 1.807) is 6.08 Å². The van der Waals surface area contributed by atoms with Crippen molar-refractivity contribution < 1.29 is 0 Å². The van der Waals surface area contributed by atoms with Crippen LogP contribution in [0.4, 0.5) is 0 Å². The van der Waals surface area contributed by atoms with E-state index < -0.39 is 0 Å². The van der Waals surface area contributed by atoms with E-state index in [1.165, 1.54) is 6.21 Å². The summed E-state index contributed by atoms with van der Waals surface area (Å²) in [5, 5.41) is 10.8. The van der Waals surface area contributed by atoms with Gasteiger partial charge in [-0.3, -0.25) is 0 Å². The second-order valence-electron chi connectivity index (χ2n) is 4.46. The maximum atomic E-state index is 7.51. The molecule has 0 heterocycles. The third-order valence-electron chi connectivity index (χ3n) is 2.88. The molecule has 0 aromatic rings. The summed E-state index contributed by atoms with van der Waals surface area (Å²) in [7, 11) is 0. The average molecular weight is 254 g/mol. The molecule has 1 aliphatic carbocycles. The third-order valence-corrected chi connectivity index (χ3v) is 2.88. The van der Waals surface area contributed by atoms with Gasteiger partial charge in [-0.05, 0) is 30.9 Å². The Balaban J connectivity index is 2.82. The van der Waals surface area contributed by atoms with Gasteiger partial charge in [-0.1, -0.05) is 50.0 Å². The highest BCUT2D eigenvalue weighted by Gasteiger charge is 2.03. The molecule has 2 heteroatoms. The first kappa shape index (κ1) is 15.0. The molecule has 1 aliphatic rings. The van der Waals surface area contributed by atoms with Crippen molar-refractivity contribution >= 4 is 6.21 Å². The molecule has 19 heavy (non-hydrogen) atoms. The number of rotatable bonds is 6. The van der Waals surface area contributed by atoms with Crippen LogP contribution < -0.4 is 5.32 Å². The summed E-state index contributed by atoms with van der Waals surface area (Å²) in [6.45, 7) is 7.81. The zero-order valence-electron chi connectivity index (χ0n) is 11.7. The molecule has 0 radical (unpaired) electrons. The Hall–Kier alpha value is -2.09. The molecule has 0 saturated heterocycles. The van der Waals surface area contributed by atoms with Crippen LogP contribution >= 0.6 is 0 Å². The zero-order valence-corrected chi connectivity index (χ0v) is 11.7.